The standard InChI is InChI=1S/C14H18Cl2N2O.ClH/c1-9-4-5-17-8-13(9)18-14(19)6-10-2-3-11(15)7-12(10)16;/h2-3,7,9,13,17H,4-6,8H2,1H3,(H,18,19);1H. The SMILES string of the molecule is CC1CCNCC1NC(=O)Cc1ccc(Cl)cc1Cl.Cl. The van der Waals surface area contributed by atoms with E-state index in [1.165, 1.54) is 0 Å². The third kappa shape index (κ3) is 4.81. The normalized spacial score (nSPS) is 21.9. The molecule has 112 valence electrons. The molecule has 0 aromatic heterocycles. The maximum absolute atomic E-state index is 12.0. The van der Waals surface area contributed by atoms with E-state index in [2.05, 4.69) is 17.6 Å². The number of nitrogens with one attached hydrogen (secondary N) is 2. The van der Waals surface area contributed by atoms with Gasteiger partial charge in [0.2, 0.25) is 5.91 Å². The molecule has 20 heavy (non-hydrogen) atoms. The van der Waals surface area contributed by atoms with Crippen LogP contribution in [-0.2, 0) is 11.2 Å². The van der Waals surface area contributed by atoms with Crippen molar-refractivity contribution in [1.82, 2.24) is 10.6 Å². The molecule has 0 saturated carbocycles. The molecule has 1 aliphatic rings. The number of hydrogen-bond donors (Lipinski definition) is 2. The van der Waals surface area contributed by atoms with Gasteiger partial charge in [0.25, 0.3) is 0 Å². The first-order valence-corrected chi connectivity index (χ1v) is 7.26. The maximum atomic E-state index is 12.0. The summed E-state index contributed by atoms with van der Waals surface area (Å²) in [4.78, 5) is 12.0. The molecule has 2 N–H and O–H groups in total. The fraction of sp³-hybridized carbons (Fsp3) is 0.500. The molecule has 1 heterocycles. The zero-order valence-corrected chi connectivity index (χ0v) is 13.6. The lowest BCUT2D eigenvalue weighted by Gasteiger charge is -2.30. The van der Waals surface area contributed by atoms with Gasteiger partial charge in [-0.3, -0.25) is 4.79 Å². The zero-order chi connectivity index (χ0) is 13.8. The highest BCUT2D eigenvalue weighted by atomic mass is 35.5. The Bertz CT molecular complexity index is 468. The number of amides is 1. The number of piperidine rings is 1. The van der Waals surface area contributed by atoms with Gasteiger partial charge in [0.1, 0.15) is 0 Å². The molecule has 2 unspecified atom stereocenters. The molecular weight excluding hydrogens is 319 g/mol. The van der Waals surface area contributed by atoms with Crippen molar-refractivity contribution < 1.29 is 4.79 Å². The molecule has 1 amide bonds. The van der Waals surface area contributed by atoms with Gasteiger partial charge in [-0.1, -0.05) is 36.2 Å². The highest BCUT2D eigenvalue weighted by molar-refractivity contribution is 6.35. The minimum absolute atomic E-state index is 0. The molecule has 2 rings (SSSR count). The third-order valence-electron chi connectivity index (χ3n) is 3.54. The van der Waals surface area contributed by atoms with Crippen LogP contribution in [0, 0.1) is 5.92 Å². The van der Waals surface area contributed by atoms with E-state index in [1.54, 1.807) is 18.2 Å². The second kappa shape index (κ2) is 8.08. The zero-order valence-electron chi connectivity index (χ0n) is 11.3. The van der Waals surface area contributed by atoms with Crippen molar-refractivity contribution in [2.75, 3.05) is 13.1 Å². The fourth-order valence-corrected chi connectivity index (χ4v) is 2.75. The van der Waals surface area contributed by atoms with Crippen molar-refractivity contribution in [2.24, 2.45) is 5.92 Å². The molecule has 0 aliphatic carbocycles. The summed E-state index contributed by atoms with van der Waals surface area (Å²) in [5, 5.41) is 7.48. The molecule has 1 fully saturated rings. The highest BCUT2D eigenvalue weighted by Crippen LogP contribution is 2.21. The first-order chi connectivity index (χ1) is 9.06. The largest absolute Gasteiger partial charge is 0.352 e. The minimum Gasteiger partial charge on any atom is -0.352 e. The molecule has 0 spiro atoms. The minimum atomic E-state index is 0. The van der Waals surface area contributed by atoms with Crippen LogP contribution in [0.25, 0.3) is 0 Å². The molecule has 0 radical (unpaired) electrons. The molecule has 1 aromatic rings. The van der Waals surface area contributed by atoms with Gasteiger partial charge >= 0.3 is 0 Å². The molecule has 1 saturated heterocycles. The molecule has 3 nitrogen and oxygen atoms in total. The van der Waals surface area contributed by atoms with Crippen LogP contribution in [-0.4, -0.2) is 25.0 Å². The summed E-state index contributed by atoms with van der Waals surface area (Å²) in [6, 6.07) is 5.41. The second-order valence-corrected chi connectivity index (χ2v) is 5.90. The third-order valence-corrected chi connectivity index (χ3v) is 4.13. The van der Waals surface area contributed by atoms with Gasteiger partial charge in [0.15, 0.2) is 0 Å². The summed E-state index contributed by atoms with van der Waals surface area (Å²) in [6.45, 7) is 4.03. The lowest BCUT2D eigenvalue weighted by molar-refractivity contribution is -0.121. The summed E-state index contributed by atoms with van der Waals surface area (Å²) < 4.78 is 0. The average molecular weight is 338 g/mol. The van der Waals surface area contributed by atoms with Crippen molar-refractivity contribution >= 4 is 41.5 Å². The van der Waals surface area contributed by atoms with E-state index in [1.807, 2.05) is 0 Å². The lowest BCUT2D eigenvalue weighted by Crippen LogP contribution is -2.50. The Morgan fingerprint density at radius 2 is 2.20 bits per heavy atom. The number of carbonyl (C=O) groups excluding carboxylic acids is 1. The van der Waals surface area contributed by atoms with Crippen LogP contribution in [0.4, 0.5) is 0 Å². The van der Waals surface area contributed by atoms with Gasteiger partial charge in [-0.25, -0.2) is 0 Å². The molecule has 6 heteroatoms. The van der Waals surface area contributed by atoms with E-state index in [-0.39, 0.29) is 24.4 Å². The molecule has 1 aromatic carbocycles. The van der Waals surface area contributed by atoms with Gasteiger partial charge in [-0.2, -0.15) is 0 Å². The quantitative estimate of drug-likeness (QED) is 0.890. The summed E-state index contributed by atoms with van der Waals surface area (Å²) >= 11 is 11.9. The Kier molecular flexibility index (Phi) is 7.10. The van der Waals surface area contributed by atoms with Gasteiger partial charge in [-0.15, -0.1) is 12.4 Å². The Morgan fingerprint density at radius 3 is 2.85 bits per heavy atom. The Morgan fingerprint density at radius 1 is 1.45 bits per heavy atom. The van der Waals surface area contributed by atoms with Gasteiger partial charge in [0.05, 0.1) is 6.42 Å². The van der Waals surface area contributed by atoms with Crippen molar-refractivity contribution in [3.63, 3.8) is 0 Å². The second-order valence-electron chi connectivity index (χ2n) is 5.06. The molecule has 0 bridgehead atoms. The van der Waals surface area contributed by atoms with Crippen LogP contribution in [0.15, 0.2) is 18.2 Å². The monoisotopic (exact) mass is 336 g/mol. The maximum Gasteiger partial charge on any atom is 0.224 e. The summed E-state index contributed by atoms with van der Waals surface area (Å²) in [7, 11) is 0. The summed E-state index contributed by atoms with van der Waals surface area (Å²) in [5.41, 5.74) is 0.806. The molecule has 2 atom stereocenters. The van der Waals surface area contributed by atoms with E-state index >= 15 is 0 Å². The number of halogens is 3. The van der Waals surface area contributed by atoms with E-state index in [0.29, 0.717) is 22.4 Å². The van der Waals surface area contributed by atoms with Crippen LogP contribution >= 0.6 is 35.6 Å². The highest BCUT2D eigenvalue weighted by Gasteiger charge is 2.22. The Labute approximate surface area is 135 Å². The van der Waals surface area contributed by atoms with Crippen LogP contribution < -0.4 is 10.6 Å². The van der Waals surface area contributed by atoms with Crippen molar-refractivity contribution in [3.05, 3.63) is 33.8 Å². The van der Waals surface area contributed by atoms with Crippen LogP contribution in [0.2, 0.25) is 10.0 Å². The van der Waals surface area contributed by atoms with E-state index in [4.69, 9.17) is 23.2 Å². The number of carbonyl (C=O) groups is 1. The average Bonchev–Trinajstić information content (AvgIpc) is 2.36. The Balaban J connectivity index is 0.00000200. The van der Waals surface area contributed by atoms with Crippen LogP contribution in [0.1, 0.15) is 18.9 Å². The van der Waals surface area contributed by atoms with Gasteiger partial charge < -0.3 is 10.6 Å². The molecular formula is C14H19Cl3N2O. The van der Waals surface area contributed by atoms with Gasteiger partial charge in [-0.05, 0) is 36.6 Å². The van der Waals surface area contributed by atoms with Crippen molar-refractivity contribution in [3.8, 4) is 0 Å². The summed E-state index contributed by atoms with van der Waals surface area (Å²) in [6.07, 6.45) is 1.38. The number of hydrogen-bond acceptors (Lipinski definition) is 2. The lowest BCUT2D eigenvalue weighted by atomic mass is 9.94. The van der Waals surface area contributed by atoms with Crippen LogP contribution in [0.5, 0.6) is 0 Å². The van der Waals surface area contributed by atoms with E-state index < -0.39 is 0 Å². The Hall–Kier alpha value is -0.480. The smallest absolute Gasteiger partial charge is 0.224 e. The van der Waals surface area contributed by atoms with E-state index in [0.717, 1.165) is 25.1 Å². The predicted molar refractivity (Wildman–Crippen MR) is 86.0 cm³/mol. The first-order valence-electron chi connectivity index (χ1n) is 6.50. The number of benzene rings is 1. The van der Waals surface area contributed by atoms with Crippen molar-refractivity contribution in [1.29, 1.82) is 0 Å². The predicted octanol–water partition coefficient (Wildman–Crippen LogP) is 3.07. The molecule has 1 aliphatic heterocycles. The van der Waals surface area contributed by atoms with Gasteiger partial charge in [0, 0.05) is 22.6 Å². The van der Waals surface area contributed by atoms with E-state index in [9.17, 15) is 4.79 Å². The fourth-order valence-electron chi connectivity index (χ4n) is 2.28. The number of rotatable bonds is 3. The summed E-state index contributed by atoms with van der Waals surface area (Å²) in [5.74, 6) is 0.510. The topological polar surface area (TPSA) is 41.1 Å². The van der Waals surface area contributed by atoms with Crippen molar-refractivity contribution in [2.45, 2.75) is 25.8 Å². The van der Waals surface area contributed by atoms with Crippen LogP contribution in [0.3, 0.4) is 0 Å². The first kappa shape index (κ1) is 17.6.